The van der Waals surface area contributed by atoms with Crippen LogP contribution in [0.5, 0.6) is 0 Å². The van der Waals surface area contributed by atoms with Crippen molar-refractivity contribution in [3.05, 3.63) is 0 Å². The standard InChI is InChI=1S/C8H17NOS/c1-4-10-6-5-8(2,3)7(9)11/h4-6H2,1-3H3,(H2,9,11). The molecule has 0 aliphatic carbocycles. The second-order valence-corrected chi connectivity index (χ2v) is 3.63. The zero-order chi connectivity index (χ0) is 8.91. The minimum atomic E-state index is -0.0650. The first-order valence-electron chi connectivity index (χ1n) is 3.88. The van der Waals surface area contributed by atoms with Gasteiger partial charge in [-0.3, -0.25) is 0 Å². The summed E-state index contributed by atoms with van der Waals surface area (Å²) in [6, 6.07) is 0. The van der Waals surface area contributed by atoms with E-state index in [2.05, 4.69) is 0 Å². The third kappa shape index (κ3) is 4.32. The molecule has 0 rings (SSSR count). The molecule has 0 aromatic heterocycles. The van der Waals surface area contributed by atoms with Crippen molar-refractivity contribution < 1.29 is 4.74 Å². The van der Waals surface area contributed by atoms with Gasteiger partial charge in [-0.2, -0.15) is 0 Å². The summed E-state index contributed by atoms with van der Waals surface area (Å²) in [5.74, 6) is 0. The fraction of sp³-hybridized carbons (Fsp3) is 0.875. The Bertz CT molecular complexity index is 134. The highest BCUT2D eigenvalue weighted by Gasteiger charge is 2.20. The highest BCUT2D eigenvalue weighted by atomic mass is 32.1. The maximum Gasteiger partial charge on any atom is 0.0785 e. The van der Waals surface area contributed by atoms with Gasteiger partial charge in [0.15, 0.2) is 0 Å². The second-order valence-electron chi connectivity index (χ2n) is 3.20. The Labute approximate surface area is 74.1 Å². The van der Waals surface area contributed by atoms with Gasteiger partial charge in [-0.1, -0.05) is 26.1 Å². The van der Waals surface area contributed by atoms with Crippen molar-refractivity contribution in [1.29, 1.82) is 0 Å². The zero-order valence-corrected chi connectivity index (χ0v) is 8.33. The van der Waals surface area contributed by atoms with Crippen LogP contribution in [0.3, 0.4) is 0 Å². The molecule has 0 atom stereocenters. The van der Waals surface area contributed by atoms with E-state index in [1.165, 1.54) is 0 Å². The van der Waals surface area contributed by atoms with Gasteiger partial charge in [-0.25, -0.2) is 0 Å². The van der Waals surface area contributed by atoms with Crippen LogP contribution in [-0.4, -0.2) is 18.2 Å². The SMILES string of the molecule is CCOCCC(C)(C)C(N)=S. The van der Waals surface area contributed by atoms with E-state index in [0.717, 1.165) is 19.6 Å². The van der Waals surface area contributed by atoms with Gasteiger partial charge in [0.1, 0.15) is 0 Å². The first kappa shape index (κ1) is 10.8. The molecular weight excluding hydrogens is 158 g/mol. The van der Waals surface area contributed by atoms with Crippen LogP contribution in [0.4, 0.5) is 0 Å². The molecular formula is C8H17NOS. The molecule has 0 heterocycles. The summed E-state index contributed by atoms with van der Waals surface area (Å²) in [5, 5.41) is 0. The number of nitrogens with two attached hydrogens (primary N) is 1. The number of hydrogen-bond acceptors (Lipinski definition) is 2. The van der Waals surface area contributed by atoms with E-state index in [4.69, 9.17) is 22.7 Å². The van der Waals surface area contributed by atoms with E-state index < -0.39 is 0 Å². The van der Waals surface area contributed by atoms with Crippen LogP contribution in [-0.2, 0) is 4.74 Å². The topological polar surface area (TPSA) is 35.2 Å². The molecule has 0 bridgehead atoms. The van der Waals surface area contributed by atoms with Crippen molar-refractivity contribution in [3.63, 3.8) is 0 Å². The summed E-state index contributed by atoms with van der Waals surface area (Å²) in [6.07, 6.45) is 0.899. The van der Waals surface area contributed by atoms with Crippen molar-refractivity contribution in [1.82, 2.24) is 0 Å². The Morgan fingerprint density at radius 3 is 2.45 bits per heavy atom. The van der Waals surface area contributed by atoms with E-state index in [-0.39, 0.29) is 5.41 Å². The molecule has 66 valence electrons. The van der Waals surface area contributed by atoms with E-state index in [9.17, 15) is 0 Å². The van der Waals surface area contributed by atoms with Gasteiger partial charge in [0.05, 0.1) is 4.99 Å². The van der Waals surface area contributed by atoms with Gasteiger partial charge < -0.3 is 10.5 Å². The van der Waals surface area contributed by atoms with Crippen LogP contribution >= 0.6 is 12.2 Å². The molecule has 0 aromatic carbocycles. The van der Waals surface area contributed by atoms with Gasteiger partial charge >= 0.3 is 0 Å². The lowest BCUT2D eigenvalue weighted by molar-refractivity contribution is 0.129. The Morgan fingerprint density at radius 2 is 2.09 bits per heavy atom. The maximum absolute atomic E-state index is 5.53. The lowest BCUT2D eigenvalue weighted by Gasteiger charge is -2.22. The summed E-state index contributed by atoms with van der Waals surface area (Å²) < 4.78 is 5.20. The summed E-state index contributed by atoms with van der Waals surface area (Å²) in [4.78, 5) is 0.567. The Hall–Kier alpha value is -0.150. The smallest absolute Gasteiger partial charge is 0.0785 e. The van der Waals surface area contributed by atoms with Crippen LogP contribution in [0.25, 0.3) is 0 Å². The molecule has 0 fully saturated rings. The highest BCUT2D eigenvalue weighted by molar-refractivity contribution is 7.80. The fourth-order valence-electron chi connectivity index (χ4n) is 0.595. The number of ether oxygens (including phenoxy) is 1. The predicted molar refractivity (Wildman–Crippen MR) is 51.7 cm³/mol. The normalized spacial score (nSPS) is 11.5. The molecule has 0 aliphatic heterocycles. The average Bonchev–Trinajstić information content (AvgIpc) is 1.88. The highest BCUT2D eigenvalue weighted by Crippen LogP contribution is 2.20. The van der Waals surface area contributed by atoms with Crippen LogP contribution in [0.15, 0.2) is 0 Å². The number of hydrogen-bond donors (Lipinski definition) is 1. The van der Waals surface area contributed by atoms with Gasteiger partial charge in [0.2, 0.25) is 0 Å². The molecule has 0 aromatic rings. The number of thiocarbonyl (C=S) groups is 1. The maximum atomic E-state index is 5.53. The van der Waals surface area contributed by atoms with E-state index in [0.29, 0.717) is 4.99 Å². The Balaban J connectivity index is 3.64. The zero-order valence-electron chi connectivity index (χ0n) is 7.52. The molecule has 11 heavy (non-hydrogen) atoms. The van der Waals surface area contributed by atoms with E-state index in [1.807, 2.05) is 20.8 Å². The molecule has 0 saturated carbocycles. The van der Waals surface area contributed by atoms with Crippen LogP contribution < -0.4 is 5.73 Å². The Morgan fingerprint density at radius 1 is 1.55 bits per heavy atom. The minimum absolute atomic E-state index is 0.0650. The number of rotatable bonds is 5. The fourth-order valence-corrected chi connectivity index (χ4v) is 0.697. The predicted octanol–water partition coefficient (Wildman–Crippen LogP) is 1.73. The lowest BCUT2D eigenvalue weighted by Crippen LogP contribution is -2.30. The van der Waals surface area contributed by atoms with E-state index >= 15 is 0 Å². The van der Waals surface area contributed by atoms with E-state index in [1.54, 1.807) is 0 Å². The third-order valence-electron chi connectivity index (χ3n) is 1.74. The molecule has 2 nitrogen and oxygen atoms in total. The summed E-state index contributed by atoms with van der Waals surface area (Å²) >= 11 is 4.90. The molecule has 0 amide bonds. The van der Waals surface area contributed by atoms with Crippen molar-refractivity contribution >= 4 is 17.2 Å². The second kappa shape index (κ2) is 4.67. The van der Waals surface area contributed by atoms with Gasteiger partial charge in [0.25, 0.3) is 0 Å². The lowest BCUT2D eigenvalue weighted by atomic mass is 9.90. The molecule has 0 saturated heterocycles. The van der Waals surface area contributed by atoms with Gasteiger partial charge in [-0.05, 0) is 13.3 Å². The summed E-state index contributed by atoms with van der Waals surface area (Å²) in [5.41, 5.74) is 5.46. The van der Waals surface area contributed by atoms with Crippen molar-refractivity contribution in [3.8, 4) is 0 Å². The van der Waals surface area contributed by atoms with Crippen molar-refractivity contribution in [2.24, 2.45) is 11.1 Å². The molecule has 3 heteroatoms. The molecule has 0 aliphatic rings. The minimum Gasteiger partial charge on any atom is -0.393 e. The van der Waals surface area contributed by atoms with Crippen LogP contribution in [0.2, 0.25) is 0 Å². The first-order valence-corrected chi connectivity index (χ1v) is 4.29. The molecule has 2 N–H and O–H groups in total. The summed E-state index contributed by atoms with van der Waals surface area (Å²) in [6.45, 7) is 7.55. The quantitative estimate of drug-likeness (QED) is 0.510. The molecule has 0 unspecified atom stereocenters. The summed E-state index contributed by atoms with van der Waals surface area (Å²) in [7, 11) is 0. The third-order valence-corrected chi connectivity index (χ3v) is 2.30. The molecule has 0 radical (unpaired) electrons. The molecule has 0 spiro atoms. The largest absolute Gasteiger partial charge is 0.393 e. The van der Waals surface area contributed by atoms with Crippen molar-refractivity contribution in [2.75, 3.05) is 13.2 Å². The van der Waals surface area contributed by atoms with Gasteiger partial charge in [-0.15, -0.1) is 0 Å². The average molecular weight is 175 g/mol. The monoisotopic (exact) mass is 175 g/mol. The first-order chi connectivity index (χ1) is 5.00. The van der Waals surface area contributed by atoms with Gasteiger partial charge in [0, 0.05) is 18.6 Å². The van der Waals surface area contributed by atoms with Crippen LogP contribution in [0.1, 0.15) is 27.2 Å². The van der Waals surface area contributed by atoms with Crippen molar-refractivity contribution in [2.45, 2.75) is 27.2 Å². The van der Waals surface area contributed by atoms with Crippen LogP contribution in [0, 0.1) is 5.41 Å². The Kier molecular flexibility index (Phi) is 4.61.